The van der Waals surface area contributed by atoms with Crippen molar-refractivity contribution in [1.29, 1.82) is 0 Å². The van der Waals surface area contributed by atoms with Crippen LogP contribution < -0.4 is 13.6 Å². The van der Waals surface area contributed by atoms with Crippen LogP contribution in [-0.4, -0.2) is 21.4 Å². The second-order valence-corrected chi connectivity index (χ2v) is 11.8. The van der Waals surface area contributed by atoms with Gasteiger partial charge < -0.3 is 18.0 Å². The van der Waals surface area contributed by atoms with E-state index < -0.39 is 14.8 Å². The zero-order valence-corrected chi connectivity index (χ0v) is 24.3. The molecule has 3 rings (SSSR count). The van der Waals surface area contributed by atoms with Crippen LogP contribution in [0.5, 0.6) is 17.2 Å². The van der Waals surface area contributed by atoms with Gasteiger partial charge in [-0.15, -0.1) is 19.7 Å². The first-order chi connectivity index (χ1) is 19.4. The summed E-state index contributed by atoms with van der Waals surface area (Å²) >= 11 is 0. The molecule has 0 saturated heterocycles. The van der Waals surface area contributed by atoms with Crippen molar-refractivity contribution in [2.45, 2.75) is 38.7 Å². The predicted molar refractivity (Wildman–Crippen MR) is 164 cm³/mol. The molecule has 0 radical (unpaired) electrons. The number of hydrogen-bond acceptors (Lipinski definition) is 5. The zero-order chi connectivity index (χ0) is 28.8. The van der Waals surface area contributed by atoms with Gasteiger partial charge in [-0.05, 0) is 67.5 Å². The van der Waals surface area contributed by atoms with Crippen molar-refractivity contribution >= 4 is 14.8 Å². The largest absolute Gasteiger partial charge is 0.701 e. The lowest BCUT2D eigenvalue weighted by molar-refractivity contribution is -0.133. The lowest BCUT2D eigenvalue weighted by Crippen LogP contribution is -2.53. The van der Waals surface area contributed by atoms with Crippen LogP contribution in [0.25, 0.3) is 0 Å². The molecule has 0 heterocycles. The molecule has 0 aliphatic rings. The molecule has 0 aliphatic heterocycles. The molecule has 3 aromatic rings. The predicted octanol–water partition coefficient (Wildman–Crippen LogP) is 7.86. The molecule has 0 fully saturated rings. The Morgan fingerprint density at radius 3 is 1.60 bits per heavy atom. The first kappa shape index (κ1) is 30.3. The fraction of sp³-hybridized carbons (Fsp3) is 0.206. The van der Waals surface area contributed by atoms with E-state index in [2.05, 4.69) is 26.3 Å². The van der Waals surface area contributed by atoms with Crippen LogP contribution in [-0.2, 0) is 28.5 Å². The molecule has 0 N–H and O–H groups in total. The number of carbonyl (C=O) groups is 1. The maximum absolute atomic E-state index is 13.0. The maximum atomic E-state index is 13.0. The third kappa shape index (κ3) is 8.61. The van der Waals surface area contributed by atoms with Crippen molar-refractivity contribution in [2.24, 2.45) is 0 Å². The van der Waals surface area contributed by atoms with Crippen molar-refractivity contribution in [3.63, 3.8) is 0 Å². The van der Waals surface area contributed by atoms with Crippen LogP contribution in [0.15, 0.2) is 123 Å². The van der Waals surface area contributed by atoms with Crippen LogP contribution in [0, 0.1) is 0 Å². The Labute approximate surface area is 239 Å². The number of benzene rings is 3. The fourth-order valence-electron chi connectivity index (χ4n) is 4.07. The SMILES string of the molecule is C=CCc1ccccc1OCCC[Si](OC(=O)C(=C)C)(Oc1ccccc1CC=C)Oc1ccccc1CC=C. The highest BCUT2D eigenvalue weighted by Crippen LogP contribution is 2.31. The Balaban J connectivity index is 1.98. The van der Waals surface area contributed by atoms with Gasteiger partial charge in [-0.25, -0.2) is 4.79 Å². The Bertz CT molecular complexity index is 1270. The summed E-state index contributed by atoms with van der Waals surface area (Å²) in [7, 11) is -3.77. The van der Waals surface area contributed by atoms with Crippen molar-refractivity contribution in [3.8, 4) is 17.2 Å². The highest BCUT2D eigenvalue weighted by Gasteiger charge is 2.51. The molecule has 208 valence electrons. The molecule has 0 bridgehead atoms. The smallest absolute Gasteiger partial charge is 0.493 e. The van der Waals surface area contributed by atoms with Crippen LogP contribution in [0.1, 0.15) is 30.0 Å². The Morgan fingerprint density at radius 2 is 1.15 bits per heavy atom. The van der Waals surface area contributed by atoms with E-state index in [1.807, 2.05) is 78.9 Å². The molecule has 0 saturated carbocycles. The number of para-hydroxylation sites is 3. The van der Waals surface area contributed by atoms with E-state index >= 15 is 0 Å². The molecule has 0 aliphatic carbocycles. The van der Waals surface area contributed by atoms with E-state index in [-0.39, 0.29) is 5.57 Å². The van der Waals surface area contributed by atoms with Crippen LogP contribution in [0.4, 0.5) is 0 Å². The average molecular weight is 555 g/mol. The molecular formula is C34H38O5Si. The second-order valence-electron chi connectivity index (χ2n) is 9.31. The fourth-order valence-corrected chi connectivity index (χ4v) is 6.61. The summed E-state index contributed by atoms with van der Waals surface area (Å²) in [5.74, 6) is 1.40. The minimum atomic E-state index is -3.77. The summed E-state index contributed by atoms with van der Waals surface area (Å²) in [6.45, 7) is 17.4. The van der Waals surface area contributed by atoms with Crippen LogP contribution >= 0.6 is 0 Å². The average Bonchev–Trinajstić information content (AvgIpc) is 2.94. The van der Waals surface area contributed by atoms with E-state index in [0.717, 1.165) is 22.4 Å². The molecule has 6 heteroatoms. The highest BCUT2D eigenvalue weighted by atomic mass is 28.4. The summed E-state index contributed by atoms with van der Waals surface area (Å²) in [4.78, 5) is 13.0. The third-order valence-electron chi connectivity index (χ3n) is 6.02. The number of carbonyl (C=O) groups excluding carboxylic acids is 1. The number of ether oxygens (including phenoxy) is 1. The molecule has 0 unspecified atom stereocenters. The minimum absolute atomic E-state index is 0.262. The Kier molecular flexibility index (Phi) is 11.6. The van der Waals surface area contributed by atoms with Gasteiger partial charge in [0.15, 0.2) is 0 Å². The number of rotatable bonds is 17. The lowest BCUT2D eigenvalue weighted by Gasteiger charge is -2.31. The summed E-state index contributed by atoms with van der Waals surface area (Å²) in [6, 6.07) is 23.5. The quantitative estimate of drug-likeness (QED) is 0.0736. The highest BCUT2D eigenvalue weighted by molar-refractivity contribution is 6.64. The van der Waals surface area contributed by atoms with E-state index in [1.54, 1.807) is 19.1 Å². The van der Waals surface area contributed by atoms with Gasteiger partial charge in [0, 0.05) is 5.57 Å². The summed E-state index contributed by atoms with van der Waals surface area (Å²) in [5, 5.41) is 0. The summed E-state index contributed by atoms with van der Waals surface area (Å²) < 4.78 is 25.6. The first-order valence-electron chi connectivity index (χ1n) is 13.4. The number of hydrogen-bond donors (Lipinski definition) is 0. The van der Waals surface area contributed by atoms with Crippen molar-refractivity contribution < 1.29 is 22.8 Å². The normalized spacial score (nSPS) is 10.7. The molecule has 0 spiro atoms. The van der Waals surface area contributed by atoms with Crippen molar-refractivity contribution in [1.82, 2.24) is 0 Å². The molecule has 0 aromatic heterocycles. The van der Waals surface area contributed by atoms with Crippen molar-refractivity contribution in [3.05, 3.63) is 140 Å². The van der Waals surface area contributed by atoms with E-state index in [4.69, 9.17) is 18.0 Å². The monoisotopic (exact) mass is 554 g/mol. The molecule has 0 atom stereocenters. The maximum Gasteiger partial charge on any atom is 0.701 e. The van der Waals surface area contributed by atoms with Gasteiger partial charge in [0.2, 0.25) is 0 Å². The summed E-state index contributed by atoms with van der Waals surface area (Å²) in [5.41, 5.74) is 3.15. The van der Waals surface area contributed by atoms with E-state index in [1.165, 1.54) is 0 Å². The van der Waals surface area contributed by atoms with Gasteiger partial charge in [0.1, 0.15) is 17.2 Å². The second kappa shape index (κ2) is 15.3. The topological polar surface area (TPSA) is 54.0 Å². The van der Waals surface area contributed by atoms with Gasteiger partial charge in [-0.1, -0.05) is 79.4 Å². The molecule has 3 aromatic carbocycles. The van der Waals surface area contributed by atoms with E-state index in [0.29, 0.717) is 49.8 Å². The molecule has 0 amide bonds. The standard InChI is InChI=1S/C34H38O5Si/c1-6-16-28-19-9-12-22-31(28)36-25-15-26-40(39-34(35)27(4)5,37-32-23-13-10-20-29(32)17-7-2)38-33-24-14-11-21-30(33)18-8-3/h6-14,19-24H,1-4,15-18,25-26H2,5H3. The lowest BCUT2D eigenvalue weighted by atomic mass is 10.1. The molecular weight excluding hydrogens is 516 g/mol. The summed E-state index contributed by atoms with van der Waals surface area (Å²) in [6.07, 6.45) is 7.86. The zero-order valence-electron chi connectivity index (χ0n) is 23.3. The first-order valence-corrected chi connectivity index (χ1v) is 15.3. The molecule has 5 nitrogen and oxygen atoms in total. The van der Waals surface area contributed by atoms with Crippen LogP contribution in [0.2, 0.25) is 6.04 Å². The van der Waals surface area contributed by atoms with Gasteiger partial charge in [-0.3, -0.25) is 0 Å². The number of allylic oxidation sites excluding steroid dienone is 3. The van der Waals surface area contributed by atoms with Gasteiger partial charge in [-0.2, -0.15) is 0 Å². The minimum Gasteiger partial charge on any atom is -0.493 e. The van der Waals surface area contributed by atoms with E-state index in [9.17, 15) is 4.79 Å². The molecule has 40 heavy (non-hydrogen) atoms. The third-order valence-corrected chi connectivity index (χ3v) is 8.55. The van der Waals surface area contributed by atoms with Crippen molar-refractivity contribution in [2.75, 3.05) is 6.61 Å². The van der Waals surface area contributed by atoms with Gasteiger partial charge in [0.25, 0.3) is 0 Å². The Hall–Kier alpha value is -4.29. The van der Waals surface area contributed by atoms with Crippen LogP contribution in [0.3, 0.4) is 0 Å². The Morgan fingerprint density at radius 1 is 0.725 bits per heavy atom. The van der Waals surface area contributed by atoms with Gasteiger partial charge in [0.05, 0.1) is 12.7 Å². The van der Waals surface area contributed by atoms with Gasteiger partial charge >= 0.3 is 14.8 Å².